The highest BCUT2D eigenvalue weighted by molar-refractivity contribution is 5.81. The average Bonchev–Trinajstić information content (AvgIpc) is 2.15. The van der Waals surface area contributed by atoms with Gasteiger partial charge in [0.05, 0.1) is 12.0 Å². The molecule has 1 amide bonds. The molecule has 88 valence electrons. The van der Waals surface area contributed by atoms with Crippen LogP contribution in [0.15, 0.2) is 0 Å². The minimum Gasteiger partial charge on any atom is -0.341 e. The normalized spacial score (nSPS) is 25.1. The summed E-state index contributed by atoms with van der Waals surface area (Å²) in [7, 11) is 0. The molecule has 0 aliphatic carbocycles. The molecule has 0 aromatic rings. The van der Waals surface area contributed by atoms with Gasteiger partial charge in [0.15, 0.2) is 0 Å². The molecular formula is C9H15F3N2O. The van der Waals surface area contributed by atoms with Crippen LogP contribution in [0.3, 0.4) is 0 Å². The smallest absolute Gasteiger partial charge is 0.341 e. The molecular weight excluding hydrogens is 209 g/mol. The lowest BCUT2D eigenvalue weighted by molar-refractivity contribution is -0.188. The zero-order valence-electron chi connectivity index (χ0n) is 8.55. The van der Waals surface area contributed by atoms with Crippen molar-refractivity contribution in [3.05, 3.63) is 0 Å². The zero-order valence-corrected chi connectivity index (χ0v) is 8.55. The maximum Gasteiger partial charge on any atom is 0.393 e. The van der Waals surface area contributed by atoms with Crippen LogP contribution in [0.2, 0.25) is 0 Å². The summed E-state index contributed by atoms with van der Waals surface area (Å²) in [6, 6.07) is -0.725. The molecule has 1 aliphatic heterocycles. The van der Waals surface area contributed by atoms with Crippen LogP contribution in [0.25, 0.3) is 0 Å². The minimum absolute atomic E-state index is 0.103. The van der Waals surface area contributed by atoms with Crippen LogP contribution >= 0.6 is 0 Å². The van der Waals surface area contributed by atoms with Crippen molar-refractivity contribution in [3.63, 3.8) is 0 Å². The summed E-state index contributed by atoms with van der Waals surface area (Å²) in [6.45, 7) is 1.62. The Hall–Kier alpha value is -0.780. The maximum atomic E-state index is 12.4. The van der Waals surface area contributed by atoms with Crippen LogP contribution < -0.4 is 5.73 Å². The number of carbonyl (C=O) groups is 1. The molecule has 15 heavy (non-hydrogen) atoms. The molecule has 3 nitrogen and oxygen atoms in total. The molecule has 6 heteroatoms. The SMILES string of the molecule is C[C@@H](N)C(=O)N1CCCC(C(F)(F)F)C1. The van der Waals surface area contributed by atoms with E-state index >= 15 is 0 Å². The number of likely N-dealkylation sites (tertiary alicyclic amines) is 1. The molecule has 1 rings (SSSR count). The first kappa shape index (κ1) is 12.3. The largest absolute Gasteiger partial charge is 0.393 e. The van der Waals surface area contributed by atoms with Gasteiger partial charge in [0.2, 0.25) is 5.91 Å². The van der Waals surface area contributed by atoms with E-state index in [-0.39, 0.29) is 13.0 Å². The number of hydrogen-bond acceptors (Lipinski definition) is 2. The van der Waals surface area contributed by atoms with E-state index in [1.807, 2.05) is 0 Å². The average molecular weight is 224 g/mol. The lowest BCUT2D eigenvalue weighted by atomic mass is 9.97. The lowest BCUT2D eigenvalue weighted by Gasteiger charge is -2.34. The molecule has 1 aliphatic rings. The number of hydrogen-bond donors (Lipinski definition) is 1. The summed E-state index contributed by atoms with van der Waals surface area (Å²) in [5.41, 5.74) is 5.35. The fourth-order valence-corrected chi connectivity index (χ4v) is 1.73. The van der Waals surface area contributed by atoms with E-state index in [1.165, 1.54) is 11.8 Å². The Kier molecular flexibility index (Phi) is 3.59. The van der Waals surface area contributed by atoms with E-state index in [0.29, 0.717) is 13.0 Å². The summed E-state index contributed by atoms with van der Waals surface area (Å²) in [6.07, 6.45) is -3.72. The molecule has 1 unspecified atom stereocenters. The Bertz CT molecular complexity index is 240. The topological polar surface area (TPSA) is 46.3 Å². The molecule has 0 aromatic carbocycles. The zero-order chi connectivity index (χ0) is 11.6. The third-order valence-corrected chi connectivity index (χ3v) is 2.59. The molecule has 0 aromatic heterocycles. The summed E-state index contributed by atoms with van der Waals surface area (Å²) < 4.78 is 37.2. The van der Waals surface area contributed by atoms with Gasteiger partial charge >= 0.3 is 6.18 Å². The van der Waals surface area contributed by atoms with Crippen molar-refractivity contribution >= 4 is 5.91 Å². The van der Waals surface area contributed by atoms with Crippen LogP contribution in [-0.4, -0.2) is 36.1 Å². The van der Waals surface area contributed by atoms with Crippen molar-refractivity contribution in [2.24, 2.45) is 11.7 Å². The Labute approximate surface area is 86.4 Å². The number of nitrogens with two attached hydrogens (primary N) is 1. The van der Waals surface area contributed by atoms with E-state index in [1.54, 1.807) is 0 Å². The highest BCUT2D eigenvalue weighted by Gasteiger charge is 2.42. The summed E-state index contributed by atoms with van der Waals surface area (Å²) in [5.74, 6) is -1.79. The summed E-state index contributed by atoms with van der Waals surface area (Å²) >= 11 is 0. The van der Waals surface area contributed by atoms with Crippen molar-refractivity contribution in [2.45, 2.75) is 32.0 Å². The second-order valence-corrected chi connectivity index (χ2v) is 3.95. The first-order chi connectivity index (χ1) is 6.82. The van der Waals surface area contributed by atoms with Gasteiger partial charge in [-0.25, -0.2) is 0 Å². The van der Waals surface area contributed by atoms with Gasteiger partial charge < -0.3 is 10.6 Å². The Morgan fingerprint density at radius 3 is 2.60 bits per heavy atom. The van der Waals surface area contributed by atoms with Gasteiger partial charge in [-0.2, -0.15) is 13.2 Å². The highest BCUT2D eigenvalue weighted by Crippen LogP contribution is 2.33. The number of amides is 1. The predicted molar refractivity (Wildman–Crippen MR) is 49.0 cm³/mol. The standard InChI is InChI=1S/C9H15F3N2O/c1-6(13)8(15)14-4-2-3-7(5-14)9(10,11)12/h6-7H,2-5,13H2,1H3/t6-,7?/m1/s1. The van der Waals surface area contributed by atoms with Gasteiger partial charge in [-0.05, 0) is 19.8 Å². The lowest BCUT2D eigenvalue weighted by Crippen LogP contribution is -2.49. The molecule has 1 fully saturated rings. The van der Waals surface area contributed by atoms with Crippen molar-refractivity contribution in [1.29, 1.82) is 0 Å². The molecule has 1 heterocycles. The van der Waals surface area contributed by atoms with Crippen molar-refractivity contribution in [3.8, 4) is 0 Å². The number of halogens is 3. The Morgan fingerprint density at radius 1 is 1.53 bits per heavy atom. The van der Waals surface area contributed by atoms with Gasteiger partial charge in [-0.15, -0.1) is 0 Å². The Balaban J connectivity index is 2.60. The minimum atomic E-state index is -4.21. The van der Waals surface area contributed by atoms with E-state index in [0.717, 1.165) is 0 Å². The van der Waals surface area contributed by atoms with Crippen LogP contribution in [-0.2, 0) is 4.79 Å². The number of nitrogens with zero attached hydrogens (tertiary/aromatic N) is 1. The van der Waals surface area contributed by atoms with E-state index in [9.17, 15) is 18.0 Å². The number of carbonyl (C=O) groups excluding carboxylic acids is 1. The van der Waals surface area contributed by atoms with Crippen molar-refractivity contribution in [1.82, 2.24) is 4.90 Å². The second kappa shape index (κ2) is 4.38. The third-order valence-electron chi connectivity index (χ3n) is 2.59. The fourth-order valence-electron chi connectivity index (χ4n) is 1.73. The molecule has 0 bridgehead atoms. The Morgan fingerprint density at radius 2 is 2.13 bits per heavy atom. The van der Waals surface area contributed by atoms with Crippen LogP contribution in [0, 0.1) is 5.92 Å². The predicted octanol–water partition coefficient (Wildman–Crippen LogP) is 1.13. The van der Waals surface area contributed by atoms with Gasteiger partial charge in [-0.3, -0.25) is 4.79 Å². The first-order valence-corrected chi connectivity index (χ1v) is 4.93. The molecule has 0 radical (unpaired) electrons. The monoisotopic (exact) mass is 224 g/mol. The number of rotatable bonds is 1. The molecule has 2 N–H and O–H groups in total. The van der Waals surface area contributed by atoms with Gasteiger partial charge in [0, 0.05) is 13.1 Å². The number of alkyl halides is 3. The van der Waals surface area contributed by atoms with Crippen LogP contribution in [0.4, 0.5) is 13.2 Å². The highest BCUT2D eigenvalue weighted by atomic mass is 19.4. The van der Waals surface area contributed by atoms with Crippen LogP contribution in [0.1, 0.15) is 19.8 Å². The first-order valence-electron chi connectivity index (χ1n) is 4.93. The number of piperidine rings is 1. The second-order valence-electron chi connectivity index (χ2n) is 3.95. The van der Waals surface area contributed by atoms with Gasteiger partial charge in [0.25, 0.3) is 0 Å². The van der Waals surface area contributed by atoms with E-state index in [2.05, 4.69) is 0 Å². The van der Waals surface area contributed by atoms with E-state index in [4.69, 9.17) is 5.73 Å². The molecule has 0 spiro atoms. The fraction of sp³-hybridized carbons (Fsp3) is 0.889. The summed E-state index contributed by atoms with van der Waals surface area (Å²) in [4.78, 5) is 12.6. The van der Waals surface area contributed by atoms with Crippen molar-refractivity contribution in [2.75, 3.05) is 13.1 Å². The van der Waals surface area contributed by atoms with Crippen molar-refractivity contribution < 1.29 is 18.0 Å². The van der Waals surface area contributed by atoms with Gasteiger partial charge in [0.1, 0.15) is 0 Å². The third kappa shape index (κ3) is 3.09. The molecule has 0 saturated carbocycles. The van der Waals surface area contributed by atoms with Crippen LogP contribution in [0.5, 0.6) is 0 Å². The van der Waals surface area contributed by atoms with Gasteiger partial charge in [-0.1, -0.05) is 0 Å². The quantitative estimate of drug-likeness (QED) is 0.725. The van der Waals surface area contributed by atoms with E-state index < -0.39 is 24.0 Å². The molecule has 1 saturated heterocycles. The molecule has 2 atom stereocenters. The summed E-state index contributed by atoms with van der Waals surface area (Å²) in [5, 5.41) is 0. The maximum absolute atomic E-state index is 12.4.